The van der Waals surface area contributed by atoms with Gasteiger partial charge in [0.25, 0.3) is 5.82 Å². The molecule has 4 rings (SSSR count). The maximum absolute atomic E-state index is 13.0. The minimum Gasteiger partial charge on any atom is -0.481 e. The van der Waals surface area contributed by atoms with Crippen molar-refractivity contribution >= 4 is 11.5 Å². The Hall–Kier alpha value is -2.95. The van der Waals surface area contributed by atoms with Crippen molar-refractivity contribution in [1.82, 2.24) is 24.8 Å². The fourth-order valence-corrected chi connectivity index (χ4v) is 3.30. The molecule has 3 aromatic heterocycles. The van der Waals surface area contributed by atoms with Crippen LogP contribution in [0.4, 0.5) is 19.0 Å². The van der Waals surface area contributed by atoms with Crippen molar-refractivity contribution in [2.45, 2.75) is 24.6 Å². The molecule has 0 saturated carbocycles. The van der Waals surface area contributed by atoms with Crippen LogP contribution < -0.4 is 9.64 Å². The van der Waals surface area contributed by atoms with Gasteiger partial charge in [-0.15, -0.1) is 15.3 Å². The summed E-state index contributed by atoms with van der Waals surface area (Å²) in [5.74, 6) is -0.341. The molecule has 0 radical (unpaired) electrons. The molecule has 11 heteroatoms. The van der Waals surface area contributed by atoms with E-state index in [0.29, 0.717) is 47.7 Å². The number of hydrogen-bond donors (Lipinski definition) is 1. The number of anilines is 1. The summed E-state index contributed by atoms with van der Waals surface area (Å²) in [4.78, 5) is 5.95. The highest BCUT2D eigenvalue weighted by atomic mass is 19.4. The summed E-state index contributed by atoms with van der Waals surface area (Å²) >= 11 is 0. The van der Waals surface area contributed by atoms with Gasteiger partial charge in [-0.05, 0) is 31.0 Å². The Morgan fingerprint density at radius 3 is 2.46 bits per heavy atom. The van der Waals surface area contributed by atoms with Gasteiger partial charge >= 0.3 is 6.18 Å². The molecule has 1 saturated heterocycles. The van der Waals surface area contributed by atoms with Crippen LogP contribution >= 0.6 is 0 Å². The summed E-state index contributed by atoms with van der Waals surface area (Å²) in [5, 5.41) is 21.7. The standard InChI is InChI=1S/C17H17F3N6O2/c1-28-14-5-2-11(10-21-14)16(27)6-8-25(9-7-16)13-4-3-12-22-23-15(17(18,19)20)26(12)24-13/h2-5,10,27H,6-9H2,1H3. The number of alkyl halides is 3. The quantitative estimate of drug-likeness (QED) is 0.727. The molecule has 1 aliphatic rings. The summed E-state index contributed by atoms with van der Waals surface area (Å²) < 4.78 is 44.9. The number of fused-ring (bicyclic) bond motifs is 1. The lowest BCUT2D eigenvalue weighted by atomic mass is 9.85. The van der Waals surface area contributed by atoms with Gasteiger partial charge in [0, 0.05) is 30.9 Å². The molecule has 1 aliphatic heterocycles. The molecule has 8 nitrogen and oxygen atoms in total. The lowest BCUT2D eigenvalue weighted by Gasteiger charge is -2.38. The van der Waals surface area contributed by atoms with E-state index >= 15 is 0 Å². The minimum atomic E-state index is -4.64. The lowest BCUT2D eigenvalue weighted by Crippen LogP contribution is -2.43. The van der Waals surface area contributed by atoms with Gasteiger partial charge in [0.15, 0.2) is 5.65 Å². The van der Waals surface area contributed by atoms with Crippen molar-refractivity contribution in [3.05, 3.63) is 41.9 Å². The second-order valence-electron chi connectivity index (χ2n) is 6.59. The van der Waals surface area contributed by atoms with E-state index in [-0.39, 0.29) is 5.65 Å². The zero-order chi connectivity index (χ0) is 19.9. The van der Waals surface area contributed by atoms with Gasteiger partial charge in [-0.2, -0.15) is 17.7 Å². The zero-order valence-electron chi connectivity index (χ0n) is 14.9. The Labute approximate surface area is 157 Å². The molecule has 4 heterocycles. The summed E-state index contributed by atoms with van der Waals surface area (Å²) in [5.41, 5.74) is -0.364. The van der Waals surface area contributed by atoms with Crippen molar-refractivity contribution < 1.29 is 23.0 Å². The van der Waals surface area contributed by atoms with Crippen LogP contribution in [0.5, 0.6) is 5.88 Å². The highest BCUT2D eigenvalue weighted by Crippen LogP contribution is 2.34. The Balaban J connectivity index is 1.54. The second-order valence-corrected chi connectivity index (χ2v) is 6.59. The van der Waals surface area contributed by atoms with E-state index in [4.69, 9.17) is 4.74 Å². The topological polar surface area (TPSA) is 88.7 Å². The Kier molecular flexibility index (Phi) is 4.33. The number of methoxy groups -OCH3 is 1. The molecule has 0 amide bonds. The first-order chi connectivity index (χ1) is 13.3. The molecule has 0 aliphatic carbocycles. The molecule has 0 aromatic carbocycles. The third-order valence-corrected chi connectivity index (χ3v) is 4.90. The van der Waals surface area contributed by atoms with Crippen molar-refractivity contribution in [2.24, 2.45) is 0 Å². The van der Waals surface area contributed by atoms with Crippen LogP contribution in [-0.4, -0.2) is 50.1 Å². The van der Waals surface area contributed by atoms with Gasteiger partial charge in [-0.3, -0.25) is 0 Å². The molecule has 148 valence electrons. The SMILES string of the molecule is COc1ccc(C2(O)CCN(c3ccc4nnc(C(F)(F)F)n4n3)CC2)cn1. The van der Waals surface area contributed by atoms with Crippen LogP contribution in [0.25, 0.3) is 5.65 Å². The monoisotopic (exact) mass is 394 g/mol. The van der Waals surface area contributed by atoms with E-state index in [0.717, 1.165) is 0 Å². The molecular formula is C17H17F3N6O2. The number of aromatic nitrogens is 5. The Bertz CT molecular complexity index is 981. The maximum atomic E-state index is 13.0. The third-order valence-electron chi connectivity index (χ3n) is 4.90. The molecule has 1 N–H and O–H groups in total. The number of rotatable bonds is 3. The van der Waals surface area contributed by atoms with Gasteiger partial charge in [-0.1, -0.05) is 0 Å². The van der Waals surface area contributed by atoms with E-state index < -0.39 is 17.6 Å². The Morgan fingerprint density at radius 2 is 1.86 bits per heavy atom. The third kappa shape index (κ3) is 3.21. The molecule has 3 aromatic rings. The van der Waals surface area contributed by atoms with E-state index in [9.17, 15) is 18.3 Å². The molecule has 1 fully saturated rings. The van der Waals surface area contributed by atoms with Crippen LogP contribution in [-0.2, 0) is 11.8 Å². The van der Waals surface area contributed by atoms with Gasteiger partial charge in [-0.25, -0.2) is 4.98 Å². The zero-order valence-corrected chi connectivity index (χ0v) is 14.9. The van der Waals surface area contributed by atoms with Crippen molar-refractivity contribution in [3.8, 4) is 5.88 Å². The maximum Gasteiger partial charge on any atom is 0.453 e. The van der Waals surface area contributed by atoms with Crippen LogP contribution in [0, 0.1) is 0 Å². The van der Waals surface area contributed by atoms with E-state index in [1.54, 1.807) is 24.4 Å². The summed E-state index contributed by atoms with van der Waals surface area (Å²) in [6.07, 6.45) is -2.30. The molecule has 0 unspecified atom stereocenters. The molecule has 0 atom stereocenters. The number of nitrogens with zero attached hydrogens (tertiary/aromatic N) is 6. The smallest absolute Gasteiger partial charge is 0.453 e. The van der Waals surface area contributed by atoms with Crippen LogP contribution in [0.1, 0.15) is 24.2 Å². The number of pyridine rings is 1. The average Bonchev–Trinajstić information content (AvgIpc) is 3.12. The first-order valence-corrected chi connectivity index (χ1v) is 8.58. The van der Waals surface area contributed by atoms with Gasteiger partial charge in [0.1, 0.15) is 5.82 Å². The van der Waals surface area contributed by atoms with Gasteiger partial charge in [0.2, 0.25) is 5.88 Å². The van der Waals surface area contributed by atoms with Crippen LogP contribution in [0.2, 0.25) is 0 Å². The van der Waals surface area contributed by atoms with Crippen molar-refractivity contribution in [2.75, 3.05) is 25.1 Å². The predicted octanol–water partition coefficient (Wildman–Crippen LogP) is 2.03. The highest BCUT2D eigenvalue weighted by Gasteiger charge is 2.38. The number of hydrogen-bond acceptors (Lipinski definition) is 7. The van der Waals surface area contributed by atoms with E-state index in [2.05, 4.69) is 20.3 Å². The van der Waals surface area contributed by atoms with Crippen molar-refractivity contribution in [3.63, 3.8) is 0 Å². The van der Waals surface area contributed by atoms with Gasteiger partial charge < -0.3 is 14.7 Å². The van der Waals surface area contributed by atoms with Crippen molar-refractivity contribution in [1.29, 1.82) is 0 Å². The average molecular weight is 394 g/mol. The summed E-state index contributed by atoms with van der Waals surface area (Å²) in [7, 11) is 1.51. The first-order valence-electron chi connectivity index (χ1n) is 8.58. The second kappa shape index (κ2) is 6.59. The largest absolute Gasteiger partial charge is 0.481 e. The summed E-state index contributed by atoms with van der Waals surface area (Å²) in [6.45, 7) is 0.842. The minimum absolute atomic E-state index is 0.0221. The van der Waals surface area contributed by atoms with Crippen LogP contribution in [0.15, 0.2) is 30.5 Å². The fraction of sp³-hybridized carbons (Fsp3) is 0.412. The molecule has 28 heavy (non-hydrogen) atoms. The fourth-order valence-electron chi connectivity index (χ4n) is 3.30. The van der Waals surface area contributed by atoms with E-state index in [1.165, 1.54) is 13.2 Å². The van der Waals surface area contributed by atoms with E-state index in [1.807, 2.05) is 4.90 Å². The summed E-state index contributed by atoms with van der Waals surface area (Å²) in [6, 6.07) is 6.49. The molecular weight excluding hydrogens is 377 g/mol. The number of halogens is 3. The predicted molar refractivity (Wildman–Crippen MR) is 91.9 cm³/mol. The number of piperidine rings is 1. The normalized spacial score (nSPS) is 17.1. The first kappa shape index (κ1) is 18.4. The highest BCUT2D eigenvalue weighted by molar-refractivity contribution is 5.46. The molecule has 0 spiro atoms. The number of aliphatic hydroxyl groups is 1. The Morgan fingerprint density at radius 1 is 1.11 bits per heavy atom. The van der Waals surface area contributed by atoms with Crippen LogP contribution in [0.3, 0.4) is 0 Å². The molecule has 0 bridgehead atoms. The number of ether oxygens (including phenoxy) is 1. The lowest BCUT2D eigenvalue weighted by molar-refractivity contribution is -0.146. The van der Waals surface area contributed by atoms with Gasteiger partial charge in [0.05, 0.1) is 12.7 Å².